The van der Waals surface area contributed by atoms with Gasteiger partial charge in [-0.1, -0.05) is 39.5 Å². The van der Waals surface area contributed by atoms with Crippen LogP contribution < -0.4 is 4.74 Å². The van der Waals surface area contributed by atoms with Crippen LogP contribution in [0.4, 0.5) is 8.78 Å². The monoisotopic (exact) mass is 353 g/mol. The molecule has 0 aliphatic carbocycles. The first-order valence-electron chi connectivity index (χ1n) is 8.41. The molecule has 0 N–H and O–H groups in total. The van der Waals surface area contributed by atoms with Crippen LogP contribution in [-0.2, 0) is 0 Å². The van der Waals surface area contributed by atoms with Crippen molar-refractivity contribution < 1.29 is 13.5 Å². The number of benzene rings is 2. The Morgan fingerprint density at radius 3 is 1.73 bits per heavy atom. The van der Waals surface area contributed by atoms with Crippen molar-refractivity contribution in [1.82, 2.24) is 0 Å². The number of ether oxygens (including phenoxy) is 1. The highest BCUT2D eigenvalue weighted by molar-refractivity contribution is 5.56. The molecule has 2 aromatic rings. The van der Waals surface area contributed by atoms with E-state index in [4.69, 9.17) is 10.00 Å². The van der Waals surface area contributed by atoms with Crippen molar-refractivity contribution in [3.63, 3.8) is 0 Å². The van der Waals surface area contributed by atoms with E-state index in [1.807, 2.05) is 12.1 Å². The first-order chi connectivity index (χ1) is 12.3. The highest BCUT2D eigenvalue weighted by Crippen LogP contribution is 2.32. The predicted molar refractivity (Wildman–Crippen MR) is 98.2 cm³/mol. The van der Waals surface area contributed by atoms with E-state index in [9.17, 15) is 8.78 Å². The van der Waals surface area contributed by atoms with Gasteiger partial charge in [0.2, 0.25) is 0 Å². The van der Waals surface area contributed by atoms with Gasteiger partial charge in [-0.3, -0.25) is 0 Å². The molecular formula is C22H21F2NO. The van der Waals surface area contributed by atoms with E-state index >= 15 is 0 Å². The third-order valence-corrected chi connectivity index (χ3v) is 4.14. The Balaban J connectivity index is 2.64. The van der Waals surface area contributed by atoms with Gasteiger partial charge in [0.25, 0.3) is 0 Å². The zero-order valence-electron chi connectivity index (χ0n) is 15.6. The summed E-state index contributed by atoms with van der Waals surface area (Å²) in [6, 6.07) is 7.57. The highest BCUT2D eigenvalue weighted by Gasteiger charge is 2.15. The Labute approximate surface area is 153 Å². The van der Waals surface area contributed by atoms with Gasteiger partial charge >= 0.3 is 0 Å². The average Bonchev–Trinajstić information content (AvgIpc) is 2.58. The fraction of sp³-hybridized carbons (Fsp3) is 0.318. The molecule has 2 aromatic carbocycles. The van der Waals surface area contributed by atoms with Crippen LogP contribution in [0.25, 0.3) is 0 Å². The molecule has 0 aromatic heterocycles. The summed E-state index contributed by atoms with van der Waals surface area (Å²) in [5.74, 6) is 5.30. The largest absolute Gasteiger partial charge is 0.497 e. The number of nitriles is 1. The summed E-state index contributed by atoms with van der Waals surface area (Å²) in [4.78, 5) is 0. The van der Waals surface area contributed by atoms with Gasteiger partial charge in [-0.15, -0.1) is 0 Å². The van der Waals surface area contributed by atoms with E-state index in [0.29, 0.717) is 0 Å². The van der Waals surface area contributed by atoms with Crippen LogP contribution in [0, 0.1) is 34.8 Å². The van der Waals surface area contributed by atoms with Crippen molar-refractivity contribution >= 4 is 0 Å². The number of nitrogens with zero attached hydrogens (tertiary/aromatic N) is 1. The van der Waals surface area contributed by atoms with E-state index in [2.05, 4.69) is 39.5 Å². The van der Waals surface area contributed by atoms with E-state index in [1.165, 1.54) is 6.07 Å². The molecule has 134 valence electrons. The van der Waals surface area contributed by atoms with Gasteiger partial charge in [0.1, 0.15) is 29.0 Å². The van der Waals surface area contributed by atoms with Crippen molar-refractivity contribution in [3.8, 4) is 23.7 Å². The van der Waals surface area contributed by atoms with Gasteiger partial charge < -0.3 is 4.74 Å². The van der Waals surface area contributed by atoms with Crippen LogP contribution in [0.2, 0.25) is 0 Å². The summed E-state index contributed by atoms with van der Waals surface area (Å²) in [5.41, 5.74) is 2.50. The normalized spacial score (nSPS) is 10.5. The molecule has 0 radical (unpaired) electrons. The molecule has 0 spiro atoms. The van der Waals surface area contributed by atoms with Crippen molar-refractivity contribution in [1.29, 1.82) is 5.26 Å². The zero-order valence-corrected chi connectivity index (χ0v) is 15.6. The van der Waals surface area contributed by atoms with E-state index in [1.54, 1.807) is 7.11 Å². The summed E-state index contributed by atoms with van der Waals surface area (Å²) in [6.07, 6.45) is 0. The molecule has 0 unspecified atom stereocenters. The summed E-state index contributed by atoms with van der Waals surface area (Å²) in [7, 11) is 1.62. The van der Waals surface area contributed by atoms with Crippen LogP contribution >= 0.6 is 0 Å². The maximum Gasteiger partial charge on any atom is 0.145 e. The second-order valence-electron chi connectivity index (χ2n) is 6.67. The SMILES string of the molecule is COc1cc(C(C)C)c(C#Cc2cc(F)c(C#N)c(F)c2)c(C(C)C)c1. The molecule has 0 amide bonds. The standard InChI is InChI=1S/C22H21F2NO/c1-13(2)18-10-16(26-5)11-19(14(3)4)17(18)7-6-15-8-21(23)20(12-25)22(24)9-15/h8-11,13-14H,1-5H3. The number of methoxy groups -OCH3 is 1. The average molecular weight is 353 g/mol. The van der Waals surface area contributed by atoms with Gasteiger partial charge in [0.05, 0.1) is 7.11 Å². The van der Waals surface area contributed by atoms with Gasteiger partial charge in [-0.25, -0.2) is 8.78 Å². The number of hydrogen-bond donors (Lipinski definition) is 0. The van der Waals surface area contributed by atoms with Crippen molar-refractivity contribution in [2.45, 2.75) is 39.5 Å². The smallest absolute Gasteiger partial charge is 0.145 e. The maximum atomic E-state index is 13.8. The number of rotatable bonds is 3. The van der Waals surface area contributed by atoms with Crippen molar-refractivity contribution in [2.75, 3.05) is 7.11 Å². The molecule has 4 heteroatoms. The van der Waals surface area contributed by atoms with E-state index < -0.39 is 17.2 Å². The number of hydrogen-bond acceptors (Lipinski definition) is 2. The quantitative estimate of drug-likeness (QED) is 0.684. The second-order valence-corrected chi connectivity index (χ2v) is 6.67. The highest BCUT2D eigenvalue weighted by atomic mass is 19.1. The summed E-state index contributed by atoms with van der Waals surface area (Å²) >= 11 is 0. The lowest BCUT2D eigenvalue weighted by Crippen LogP contribution is -2.02. The minimum Gasteiger partial charge on any atom is -0.497 e. The van der Waals surface area contributed by atoms with Crippen LogP contribution in [0.1, 0.15) is 67.3 Å². The van der Waals surface area contributed by atoms with Crippen molar-refractivity contribution in [3.05, 3.63) is 63.7 Å². The maximum absolute atomic E-state index is 13.8. The summed E-state index contributed by atoms with van der Waals surface area (Å²) in [5, 5.41) is 8.76. The summed E-state index contributed by atoms with van der Waals surface area (Å²) in [6.45, 7) is 8.24. The predicted octanol–water partition coefficient (Wildman–Crippen LogP) is 5.49. The molecule has 0 atom stereocenters. The molecule has 0 bridgehead atoms. The summed E-state index contributed by atoms with van der Waals surface area (Å²) < 4.78 is 33.0. The molecule has 0 fully saturated rings. The van der Waals surface area contributed by atoms with Crippen LogP contribution in [0.5, 0.6) is 5.75 Å². The third kappa shape index (κ3) is 4.03. The molecule has 0 saturated carbocycles. The molecule has 26 heavy (non-hydrogen) atoms. The van der Waals surface area contributed by atoms with Gasteiger partial charge in [0, 0.05) is 11.1 Å². The van der Waals surface area contributed by atoms with E-state index in [0.717, 1.165) is 34.6 Å². The van der Waals surface area contributed by atoms with Gasteiger partial charge in [0.15, 0.2) is 0 Å². The molecule has 0 heterocycles. The Hall–Kier alpha value is -2.85. The molecule has 0 aliphatic heterocycles. The van der Waals surface area contributed by atoms with Crippen molar-refractivity contribution in [2.24, 2.45) is 0 Å². The van der Waals surface area contributed by atoms with Crippen LogP contribution in [0.15, 0.2) is 24.3 Å². The lowest BCUT2D eigenvalue weighted by atomic mass is 9.88. The Morgan fingerprint density at radius 2 is 1.35 bits per heavy atom. The molecular weight excluding hydrogens is 332 g/mol. The molecule has 2 rings (SSSR count). The Morgan fingerprint density at radius 1 is 0.846 bits per heavy atom. The van der Waals surface area contributed by atoms with E-state index in [-0.39, 0.29) is 17.4 Å². The zero-order chi connectivity index (χ0) is 19.4. The Kier molecular flexibility index (Phi) is 6.01. The third-order valence-electron chi connectivity index (χ3n) is 4.14. The number of halogens is 2. The molecule has 0 saturated heterocycles. The fourth-order valence-electron chi connectivity index (χ4n) is 2.72. The second kappa shape index (κ2) is 8.02. The van der Waals surface area contributed by atoms with Gasteiger partial charge in [-0.05, 0) is 47.2 Å². The van der Waals surface area contributed by atoms with Crippen LogP contribution in [0.3, 0.4) is 0 Å². The lowest BCUT2D eigenvalue weighted by Gasteiger charge is -2.17. The molecule has 2 nitrogen and oxygen atoms in total. The van der Waals surface area contributed by atoms with Gasteiger partial charge in [-0.2, -0.15) is 5.26 Å². The lowest BCUT2D eigenvalue weighted by molar-refractivity contribution is 0.413. The minimum atomic E-state index is -0.903. The minimum absolute atomic E-state index is 0.194. The Bertz CT molecular complexity index is 875. The fourth-order valence-corrected chi connectivity index (χ4v) is 2.72. The first-order valence-corrected chi connectivity index (χ1v) is 8.41. The van der Waals surface area contributed by atoms with Crippen LogP contribution in [-0.4, -0.2) is 7.11 Å². The molecule has 0 aliphatic rings. The topological polar surface area (TPSA) is 33.0 Å². The first kappa shape index (κ1) is 19.5.